The van der Waals surface area contributed by atoms with Gasteiger partial charge in [0.1, 0.15) is 0 Å². The summed E-state index contributed by atoms with van der Waals surface area (Å²) in [7, 11) is 0. The van der Waals surface area contributed by atoms with E-state index in [-0.39, 0.29) is 12.0 Å². The van der Waals surface area contributed by atoms with Crippen LogP contribution in [0.3, 0.4) is 0 Å². The highest BCUT2D eigenvalue weighted by molar-refractivity contribution is 9.10. The van der Waals surface area contributed by atoms with Crippen LogP contribution in [0.5, 0.6) is 0 Å². The Morgan fingerprint density at radius 2 is 2.10 bits per heavy atom. The summed E-state index contributed by atoms with van der Waals surface area (Å²) in [5, 5.41) is 12.4. The first-order chi connectivity index (χ1) is 9.47. The molecular weight excluding hydrogens is 324 g/mol. The topological polar surface area (TPSA) is 92.4 Å². The molecular formula is C14H17BrN2O3. The number of nitrogens with two attached hydrogens (primary N) is 1. The highest BCUT2D eigenvalue weighted by Gasteiger charge is 2.27. The summed E-state index contributed by atoms with van der Waals surface area (Å²) in [6, 6.07) is 5.34. The summed E-state index contributed by atoms with van der Waals surface area (Å²) in [6.07, 6.45) is 3.06. The number of hydrogen-bond acceptors (Lipinski definition) is 3. The fourth-order valence-corrected chi connectivity index (χ4v) is 2.97. The molecule has 2 atom stereocenters. The van der Waals surface area contributed by atoms with E-state index >= 15 is 0 Å². The van der Waals surface area contributed by atoms with Gasteiger partial charge < -0.3 is 16.2 Å². The third-order valence-electron chi connectivity index (χ3n) is 3.63. The molecule has 1 aromatic carbocycles. The molecule has 0 spiro atoms. The Balaban J connectivity index is 2.13. The van der Waals surface area contributed by atoms with Crippen LogP contribution in [-0.2, 0) is 4.79 Å². The Hall–Kier alpha value is -1.56. The standard InChI is InChI=1S/C14H17BrN2O3/c15-9-4-5-12(11(7-9)13(16)18)17-10-3-1-2-8(6-10)14(19)20/h4-5,7-8,10,17H,1-3,6H2,(H2,16,18)(H,19,20). The Morgan fingerprint density at radius 1 is 1.35 bits per heavy atom. The van der Waals surface area contributed by atoms with Crippen LogP contribution in [0.25, 0.3) is 0 Å². The number of benzene rings is 1. The Bertz CT molecular complexity index is 533. The van der Waals surface area contributed by atoms with Crippen LogP contribution in [0.15, 0.2) is 22.7 Å². The molecule has 6 heteroatoms. The van der Waals surface area contributed by atoms with E-state index in [2.05, 4.69) is 21.2 Å². The fraction of sp³-hybridized carbons (Fsp3) is 0.429. The molecule has 4 N–H and O–H groups in total. The largest absolute Gasteiger partial charge is 0.481 e. The van der Waals surface area contributed by atoms with E-state index < -0.39 is 11.9 Å². The molecule has 0 aliphatic heterocycles. The Morgan fingerprint density at radius 3 is 2.75 bits per heavy atom. The second-order valence-electron chi connectivity index (χ2n) is 5.10. The highest BCUT2D eigenvalue weighted by atomic mass is 79.9. The predicted molar refractivity (Wildman–Crippen MR) is 79.7 cm³/mol. The van der Waals surface area contributed by atoms with Gasteiger partial charge in [0.05, 0.1) is 11.5 Å². The maximum atomic E-state index is 11.5. The third kappa shape index (κ3) is 3.50. The first kappa shape index (κ1) is 14.8. The molecule has 0 bridgehead atoms. The van der Waals surface area contributed by atoms with Crippen molar-refractivity contribution >= 4 is 33.5 Å². The molecule has 1 aliphatic rings. The molecule has 20 heavy (non-hydrogen) atoms. The second kappa shape index (κ2) is 6.26. The van der Waals surface area contributed by atoms with Gasteiger partial charge in [-0.05, 0) is 37.5 Å². The van der Waals surface area contributed by atoms with Crippen molar-refractivity contribution in [2.75, 3.05) is 5.32 Å². The van der Waals surface area contributed by atoms with Crippen LogP contribution < -0.4 is 11.1 Å². The van der Waals surface area contributed by atoms with E-state index in [1.165, 1.54) is 0 Å². The zero-order valence-electron chi connectivity index (χ0n) is 10.9. The molecule has 1 saturated carbocycles. The number of primary amides is 1. The van der Waals surface area contributed by atoms with Crippen molar-refractivity contribution in [2.24, 2.45) is 11.7 Å². The third-order valence-corrected chi connectivity index (χ3v) is 4.12. The summed E-state index contributed by atoms with van der Waals surface area (Å²) in [5.74, 6) is -1.56. The lowest BCUT2D eigenvalue weighted by atomic mass is 9.85. The predicted octanol–water partition coefficient (Wildman–Crippen LogP) is 2.60. The SMILES string of the molecule is NC(=O)c1cc(Br)ccc1NC1CCCC(C(=O)O)C1. The van der Waals surface area contributed by atoms with Gasteiger partial charge >= 0.3 is 5.97 Å². The summed E-state index contributed by atoms with van der Waals surface area (Å²) in [6.45, 7) is 0. The maximum Gasteiger partial charge on any atom is 0.306 e. The number of aliphatic carboxylic acids is 1. The number of nitrogens with one attached hydrogen (secondary N) is 1. The van der Waals surface area contributed by atoms with Crippen molar-refractivity contribution in [2.45, 2.75) is 31.7 Å². The number of carbonyl (C=O) groups is 2. The van der Waals surface area contributed by atoms with E-state index in [0.717, 1.165) is 23.7 Å². The number of hydrogen-bond donors (Lipinski definition) is 3. The van der Waals surface area contributed by atoms with Crippen molar-refractivity contribution in [3.8, 4) is 0 Å². The molecule has 0 saturated heterocycles. The molecule has 1 amide bonds. The van der Waals surface area contributed by atoms with Crippen LogP contribution in [-0.4, -0.2) is 23.0 Å². The second-order valence-corrected chi connectivity index (χ2v) is 6.01. The summed E-state index contributed by atoms with van der Waals surface area (Å²) in [5.41, 5.74) is 6.45. The van der Waals surface area contributed by atoms with E-state index in [4.69, 9.17) is 10.8 Å². The lowest BCUT2D eigenvalue weighted by molar-refractivity contribution is -0.142. The summed E-state index contributed by atoms with van der Waals surface area (Å²) < 4.78 is 0.781. The molecule has 1 aromatic rings. The number of anilines is 1. The lowest BCUT2D eigenvalue weighted by Crippen LogP contribution is -2.31. The van der Waals surface area contributed by atoms with Crippen LogP contribution in [0.1, 0.15) is 36.0 Å². The van der Waals surface area contributed by atoms with Gasteiger partial charge in [0.15, 0.2) is 0 Å². The summed E-state index contributed by atoms with van der Waals surface area (Å²) in [4.78, 5) is 22.5. The van der Waals surface area contributed by atoms with Gasteiger partial charge in [-0.3, -0.25) is 9.59 Å². The number of carboxylic acid groups (broad SMARTS) is 1. The molecule has 0 heterocycles. The van der Waals surface area contributed by atoms with Gasteiger partial charge in [0.25, 0.3) is 5.91 Å². The Labute approximate surface area is 125 Å². The molecule has 0 radical (unpaired) electrons. The minimum absolute atomic E-state index is 0.0594. The number of rotatable bonds is 4. The van der Waals surface area contributed by atoms with Crippen LogP contribution in [0.4, 0.5) is 5.69 Å². The maximum absolute atomic E-state index is 11.5. The number of carboxylic acids is 1. The van der Waals surface area contributed by atoms with E-state index in [0.29, 0.717) is 17.7 Å². The molecule has 108 valence electrons. The van der Waals surface area contributed by atoms with E-state index in [1.54, 1.807) is 12.1 Å². The van der Waals surface area contributed by atoms with E-state index in [9.17, 15) is 9.59 Å². The Kier molecular flexibility index (Phi) is 4.65. The number of halogens is 1. The minimum Gasteiger partial charge on any atom is -0.481 e. The zero-order chi connectivity index (χ0) is 14.7. The fourth-order valence-electron chi connectivity index (χ4n) is 2.61. The van der Waals surface area contributed by atoms with Crippen LogP contribution >= 0.6 is 15.9 Å². The van der Waals surface area contributed by atoms with Crippen molar-refractivity contribution in [3.05, 3.63) is 28.2 Å². The first-order valence-electron chi connectivity index (χ1n) is 6.56. The van der Waals surface area contributed by atoms with Crippen molar-refractivity contribution in [1.29, 1.82) is 0 Å². The van der Waals surface area contributed by atoms with Crippen LogP contribution in [0.2, 0.25) is 0 Å². The minimum atomic E-state index is -0.748. The van der Waals surface area contributed by atoms with E-state index in [1.807, 2.05) is 6.07 Å². The zero-order valence-corrected chi connectivity index (χ0v) is 12.5. The van der Waals surface area contributed by atoms with Gasteiger partial charge in [-0.15, -0.1) is 0 Å². The van der Waals surface area contributed by atoms with Gasteiger partial charge in [-0.25, -0.2) is 0 Å². The first-order valence-corrected chi connectivity index (χ1v) is 7.35. The van der Waals surface area contributed by atoms with Gasteiger partial charge in [-0.2, -0.15) is 0 Å². The van der Waals surface area contributed by atoms with Gasteiger partial charge in [0.2, 0.25) is 0 Å². The molecule has 2 unspecified atom stereocenters. The van der Waals surface area contributed by atoms with Crippen molar-refractivity contribution in [3.63, 3.8) is 0 Å². The number of carbonyl (C=O) groups excluding carboxylic acids is 1. The van der Waals surface area contributed by atoms with Crippen molar-refractivity contribution in [1.82, 2.24) is 0 Å². The quantitative estimate of drug-likeness (QED) is 0.785. The monoisotopic (exact) mass is 340 g/mol. The van der Waals surface area contributed by atoms with Crippen molar-refractivity contribution < 1.29 is 14.7 Å². The molecule has 2 rings (SSSR count). The molecule has 1 aliphatic carbocycles. The molecule has 5 nitrogen and oxygen atoms in total. The summed E-state index contributed by atoms with van der Waals surface area (Å²) >= 11 is 3.31. The average molecular weight is 341 g/mol. The lowest BCUT2D eigenvalue weighted by Gasteiger charge is -2.28. The normalized spacial score (nSPS) is 22.2. The molecule has 1 fully saturated rings. The highest BCUT2D eigenvalue weighted by Crippen LogP contribution is 2.29. The molecule has 0 aromatic heterocycles. The van der Waals surface area contributed by atoms with Gasteiger partial charge in [0, 0.05) is 16.2 Å². The average Bonchev–Trinajstić information content (AvgIpc) is 2.41. The van der Waals surface area contributed by atoms with Gasteiger partial charge in [-0.1, -0.05) is 22.4 Å². The number of amides is 1. The smallest absolute Gasteiger partial charge is 0.306 e. The van der Waals surface area contributed by atoms with Crippen LogP contribution in [0, 0.1) is 5.92 Å².